The number of hydrogen-bond donors (Lipinski definition) is 1. The molecular formula is C11H13ClFNO. The molecule has 1 atom stereocenters. The molecule has 1 aromatic carbocycles. The van der Waals surface area contributed by atoms with Crippen molar-refractivity contribution in [2.45, 2.75) is 25.9 Å². The van der Waals surface area contributed by atoms with Crippen LogP contribution in [0.25, 0.3) is 0 Å². The predicted octanol–water partition coefficient (Wildman–Crippen LogP) is 2.91. The van der Waals surface area contributed by atoms with Crippen molar-refractivity contribution in [2.24, 2.45) is 0 Å². The number of nitrogens with one attached hydrogen (secondary N) is 1. The molecular weight excluding hydrogens is 217 g/mol. The van der Waals surface area contributed by atoms with Crippen LogP contribution in [0.1, 0.15) is 25.5 Å². The van der Waals surface area contributed by atoms with Gasteiger partial charge in [0.15, 0.2) is 0 Å². The van der Waals surface area contributed by atoms with E-state index in [0.29, 0.717) is 18.4 Å². The molecule has 15 heavy (non-hydrogen) atoms. The van der Waals surface area contributed by atoms with E-state index in [9.17, 15) is 4.39 Å². The summed E-state index contributed by atoms with van der Waals surface area (Å²) in [6.45, 7) is 4.65. The molecule has 0 saturated carbocycles. The van der Waals surface area contributed by atoms with Gasteiger partial charge in [0, 0.05) is 17.7 Å². The van der Waals surface area contributed by atoms with Gasteiger partial charge in [-0.3, -0.25) is 0 Å². The topological polar surface area (TPSA) is 21.3 Å². The fourth-order valence-corrected chi connectivity index (χ4v) is 1.92. The molecule has 1 N–H and O–H groups in total. The van der Waals surface area contributed by atoms with Crippen LogP contribution < -0.4 is 10.1 Å². The molecule has 0 fully saturated rings. The van der Waals surface area contributed by atoms with Gasteiger partial charge in [-0.25, -0.2) is 4.39 Å². The van der Waals surface area contributed by atoms with Crippen molar-refractivity contribution >= 4 is 11.6 Å². The lowest BCUT2D eigenvalue weighted by Gasteiger charge is -2.14. The Balaban J connectivity index is 2.30. The third-order valence-corrected chi connectivity index (χ3v) is 2.66. The Kier molecular flexibility index (Phi) is 2.85. The van der Waals surface area contributed by atoms with E-state index < -0.39 is 5.82 Å². The summed E-state index contributed by atoms with van der Waals surface area (Å²) in [6.07, 6.45) is 0. The summed E-state index contributed by atoms with van der Waals surface area (Å²) < 4.78 is 18.5. The molecule has 82 valence electrons. The molecule has 0 aliphatic carbocycles. The van der Waals surface area contributed by atoms with Gasteiger partial charge in [0.2, 0.25) is 0 Å². The molecule has 1 unspecified atom stereocenters. The highest BCUT2D eigenvalue weighted by Gasteiger charge is 2.25. The Morgan fingerprint density at radius 1 is 1.53 bits per heavy atom. The van der Waals surface area contributed by atoms with Gasteiger partial charge in [0.1, 0.15) is 18.2 Å². The van der Waals surface area contributed by atoms with E-state index in [1.807, 2.05) is 0 Å². The Labute approximate surface area is 93.4 Å². The third kappa shape index (κ3) is 2.08. The van der Waals surface area contributed by atoms with Crippen LogP contribution in [0, 0.1) is 5.82 Å². The van der Waals surface area contributed by atoms with Crippen molar-refractivity contribution < 1.29 is 9.13 Å². The molecule has 2 nitrogen and oxygen atoms in total. The van der Waals surface area contributed by atoms with Crippen molar-refractivity contribution in [3.05, 3.63) is 28.5 Å². The summed E-state index contributed by atoms with van der Waals surface area (Å²) in [5.41, 5.74) is 0.940. The SMILES string of the molecule is CC(C)NC1COc2cc(F)c(Cl)cc21. The van der Waals surface area contributed by atoms with Gasteiger partial charge in [-0.2, -0.15) is 0 Å². The summed E-state index contributed by atoms with van der Waals surface area (Å²) >= 11 is 5.74. The van der Waals surface area contributed by atoms with Crippen LogP contribution in [0.5, 0.6) is 5.75 Å². The number of benzene rings is 1. The second kappa shape index (κ2) is 3.99. The molecule has 0 aromatic heterocycles. The molecule has 0 radical (unpaired) electrons. The second-order valence-electron chi connectivity index (χ2n) is 3.99. The van der Waals surface area contributed by atoms with E-state index in [1.165, 1.54) is 6.07 Å². The van der Waals surface area contributed by atoms with Crippen LogP contribution in [0.2, 0.25) is 5.02 Å². The highest BCUT2D eigenvalue weighted by molar-refractivity contribution is 6.30. The van der Waals surface area contributed by atoms with E-state index >= 15 is 0 Å². The molecule has 1 aliphatic rings. The summed E-state index contributed by atoms with van der Waals surface area (Å²) in [4.78, 5) is 0. The first kappa shape index (κ1) is 10.7. The van der Waals surface area contributed by atoms with E-state index in [-0.39, 0.29) is 11.1 Å². The van der Waals surface area contributed by atoms with Crippen LogP contribution in [-0.4, -0.2) is 12.6 Å². The number of rotatable bonds is 2. The average Bonchev–Trinajstić information content (AvgIpc) is 2.49. The predicted molar refractivity (Wildman–Crippen MR) is 57.9 cm³/mol. The van der Waals surface area contributed by atoms with Crippen molar-refractivity contribution in [1.29, 1.82) is 0 Å². The van der Waals surface area contributed by atoms with Crippen molar-refractivity contribution in [1.82, 2.24) is 5.32 Å². The first-order valence-corrected chi connectivity index (χ1v) is 5.33. The van der Waals surface area contributed by atoms with Crippen LogP contribution in [0.15, 0.2) is 12.1 Å². The summed E-state index contributed by atoms with van der Waals surface area (Å²) in [5, 5.41) is 3.49. The van der Waals surface area contributed by atoms with Gasteiger partial charge in [0.05, 0.1) is 11.1 Å². The minimum atomic E-state index is -0.430. The molecule has 4 heteroatoms. The third-order valence-electron chi connectivity index (χ3n) is 2.37. The normalized spacial score (nSPS) is 19.1. The molecule has 0 amide bonds. The van der Waals surface area contributed by atoms with E-state index in [4.69, 9.17) is 16.3 Å². The Hall–Kier alpha value is -0.800. The fourth-order valence-electron chi connectivity index (χ4n) is 1.74. The smallest absolute Gasteiger partial charge is 0.145 e. The highest BCUT2D eigenvalue weighted by atomic mass is 35.5. The zero-order chi connectivity index (χ0) is 11.0. The maximum atomic E-state index is 13.1. The summed E-state index contributed by atoms with van der Waals surface area (Å²) in [6, 6.07) is 3.45. The number of hydrogen-bond acceptors (Lipinski definition) is 2. The molecule has 2 rings (SSSR count). The lowest BCUT2D eigenvalue weighted by Crippen LogP contribution is -2.28. The van der Waals surface area contributed by atoms with E-state index in [0.717, 1.165) is 5.56 Å². The molecule has 0 spiro atoms. The lowest BCUT2D eigenvalue weighted by molar-refractivity contribution is 0.302. The first-order chi connectivity index (χ1) is 7.08. The van der Waals surface area contributed by atoms with E-state index in [1.54, 1.807) is 6.07 Å². The number of fused-ring (bicyclic) bond motifs is 1. The zero-order valence-corrected chi connectivity index (χ0v) is 9.44. The van der Waals surface area contributed by atoms with Gasteiger partial charge < -0.3 is 10.1 Å². The Morgan fingerprint density at radius 3 is 2.93 bits per heavy atom. The van der Waals surface area contributed by atoms with Crippen LogP contribution in [-0.2, 0) is 0 Å². The van der Waals surface area contributed by atoms with Gasteiger partial charge in [0.25, 0.3) is 0 Å². The molecule has 0 saturated heterocycles. The summed E-state index contributed by atoms with van der Waals surface area (Å²) in [7, 11) is 0. The van der Waals surface area contributed by atoms with Crippen LogP contribution in [0.4, 0.5) is 4.39 Å². The molecule has 0 bridgehead atoms. The van der Waals surface area contributed by atoms with Gasteiger partial charge in [-0.1, -0.05) is 25.4 Å². The largest absolute Gasteiger partial charge is 0.491 e. The summed E-state index contributed by atoms with van der Waals surface area (Å²) in [5.74, 6) is 0.163. The Bertz CT molecular complexity index is 381. The minimum absolute atomic E-state index is 0.109. The zero-order valence-electron chi connectivity index (χ0n) is 8.68. The van der Waals surface area contributed by atoms with Gasteiger partial charge >= 0.3 is 0 Å². The standard InChI is InChI=1S/C11H13ClFNO/c1-6(2)14-10-5-15-11-4-9(13)8(12)3-7(10)11/h3-4,6,10,14H,5H2,1-2H3. The molecule has 1 heterocycles. The highest BCUT2D eigenvalue weighted by Crippen LogP contribution is 2.35. The second-order valence-corrected chi connectivity index (χ2v) is 4.40. The van der Waals surface area contributed by atoms with E-state index in [2.05, 4.69) is 19.2 Å². The number of ether oxygens (including phenoxy) is 1. The number of halogens is 2. The van der Waals surface area contributed by atoms with Crippen LogP contribution in [0.3, 0.4) is 0 Å². The van der Waals surface area contributed by atoms with Gasteiger partial charge in [-0.15, -0.1) is 0 Å². The fraction of sp³-hybridized carbons (Fsp3) is 0.455. The maximum Gasteiger partial charge on any atom is 0.145 e. The maximum absolute atomic E-state index is 13.1. The molecule has 1 aromatic rings. The van der Waals surface area contributed by atoms with Crippen LogP contribution >= 0.6 is 11.6 Å². The van der Waals surface area contributed by atoms with Crippen molar-refractivity contribution in [2.75, 3.05) is 6.61 Å². The van der Waals surface area contributed by atoms with Crippen molar-refractivity contribution in [3.63, 3.8) is 0 Å². The monoisotopic (exact) mass is 229 g/mol. The Morgan fingerprint density at radius 2 is 2.27 bits per heavy atom. The van der Waals surface area contributed by atoms with Crippen molar-refractivity contribution in [3.8, 4) is 5.75 Å². The molecule has 1 aliphatic heterocycles. The quantitative estimate of drug-likeness (QED) is 0.842. The first-order valence-electron chi connectivity index (χ1n) is 4.95. The minimum Gasteiger partial charge on any atom is -0.491 e. The average molecular weight is 230 g/mol. The van der Waals surface area contributed by atoms with Gasteiger partial charge in [-0.05, 0) is 6.07 Å². The lowest BCUT2D eigenvalue weighted by atomic mass is 10.1.